The van der Waals surface area contributed by atoms with Gasteiger partial charge in [0.05, 0.1) is 12.1 Å². The van der Waals surface area contributed by atoms with E-state index in [4.69, 9.17) is 9.47 Å². The normalized spacial score (nSPS) is 19.7. The molecule has 1 aliphatic rings. The highest BCUT2D eigenvalue weighted by atomic mass is 16.5. The van der Waals surface area contributed by atoms with E-state index in [0.29, 0.717) is 5.75 Å². The Bertz CT molecular complexity index is 490. The molecule has 1 heterocycles. The quantitative estimate of drug-likeness (QED) is 0.878. The average Bonchev–Trinajstić information content (AvgIpc) is 3.02. The molecule has 0 spiro atoms. The zero-order valence-corrected chi connectivity index (χ0v) is 14.0. The van der Waals surface area contributed by atoms with Crippen molar-refractivity contribution in [1.29, 1.82) is 0 Å². The molecule has 1 saturated heterocycles. The Morgan fingerprint density at radius 2 is 2.09 bits per heavy atom. The lowest BCUT2D eigenvalue weighted by molar-refractivity contribution is -0.135. The molecular weight excluding hydrogens is 278 g/mol. The third kappa shape index (κ3) is 4.23. The van der Waals surface area contributed by atoms with Crippen molar-refractivity contribution in [2.75, 3.05) is 6.61 Å². The number of hydrogen-bond acceptors (Lipinski definition) is 3. The second-order valence-electron chi connectivity index (χ2n) is 6.42. The van der Waals surface area contributed by atoms with Crippen LogP contribution in [0.1, 0.15) is 46.1 Å². The number of rotatable bonds is 6. The van der Waals surface area contributed by atoms with Crippen molar-refractivity contribution in [3.8, 4) is 5.75 Å². The number of amides is 1. The maximum Gasteiger partial charge on any atom is 0.263 e. The largest absolute Gasteiger partial charge is 0.478 e. The first-order valence-electron chi connectivity index (χ1n) is 8.13. The van der Waals surface area contributed by atoms with Crippen molar-refractivity contribution in [1.82, 2.24) is 5.32 Å². The van der Waals surface area contributed by atoms with E-state index >= 15 is 0 Å². The van der Waals surface area contributed by atoms with Crippen LogP contribution in [-0.2, 0) is 16.0 Å². The van der Waals surface area contributed by atoms with Crippen LogP contribution in [0.3, 0.4) is 0 Å². The van der Waals surface area contributed by atoms with Gasteiger partial charge in [-0.15, -0.1) is 0 Å². The van der Waals surface area contributed by atoms with E-state index in [-0.39, 0.29) is 18.1 Å². The summed E-state index contributed by atoms with van der Waals surface area (Å²) in [5, 5.41) is 3.02. The van der Waals surface area contributed by atoms with Gasteiger partial charge >= 0.3 is 0 Å². The van der Waals surface area contributed by atoms with Crippen LogP contribution < -0.4 is 10.1 Å². The predicted octanol–water partition coefficient (Wildman–Crippen LogP) is 3.09. The fourth-order valence-corrected chi connectivity index (χ4v) is 2.60. The first kappa shape index (κ1) is 16.8. The lowest BCUT2D eigenvalue weighted by atomic mass is 10.1. The number of ether oxygens (including phenoxy) is 2. The topological polar surface area (TPSA) is 47.6 Å². The Balaban J connectivity index is 1.93. The van der Waals surface area contributed by atoms with Crippen LogP contribution in [0.2, 0.25) is 0 Å². The summed E-state index contributed by atoms with van der Waals surface area (Å²) in [5.74, 6) is 0.595. The zero-order valence-electron chi connectivity index (χ0n) is 14.0. The first-order valence-corrected chi connectivity index (χ1v) is 8.13. The molecule has 22 heavy (non-hydrogen) atoms. The number of hydrogen-bond donors (Lipinski definition) is 1. The van der Waals surface area contributed by atoms with Crippen molar-refractivity contribution in [2.24, 2.45) is 0 Å². The molecule has 1 aromatic rings. The number of carbonyl (C=O) groups is 1. The van der Waals surface area contributed by atoms with E-state index in [9.17, 15) is 4.79 Å². The van der Waals surface area contributed by atoms with Gasteiger partial charge in [-0.25, -0.2) is 0 Å². The summed E-state index contributed by atoms with van der Waals surface area (Å²) in [6, 6.07) is 7.88. The van der Waals surface area contributed by atoms with E-state index in [1.54, 1.807) is 13.8 Å². The molecule has 0 aromatic heterocycles. The lowest BCUT2D eigenvalue weighted by Gasteiger charge is -2.29. The van der Waals surface area contributed by atoms with Gasteiger partial charge in [-0.1, -0.05) is 19.1 Å². The second-order valence-corrected chi connectivity index (χ2v) is 6.42. The van der Waals surface area contributed by atoms with Crippen LogP contribution in [0, 0.1) is 0 Å². The Hall–Kier alpha value is -1.55. The van der Waals surface area contributed by atoms with Gasteiger partial charge in [0.15, 0.2) is 5.60 Å². The summed E-state index contributed by atoms with van der Waals surface area (Å²) < 4.78 is 11.5. The minimum Gasteiger partial charge on any atom is -0.478 e. The monoisotopic (exact) mass is 305 g/mol. The third-order valence-electron chi connectivity index (χ3n) is 4.13. The van der Waals surface area contributed by atoms with Crippen LogP contribution >= 0.6 is 0 Å². The Morgan fingerprint density at radius 3 is 2.64 bits per heavy atom. The number of benzene rings is 1. The molecule has 0 bridgehead atoms. The highest BCUT2D eigenvalue weighted by molar-refractivity contribution is 5.85. The summed E-state index contributed by atoms with van der Waals surface area (Å²) in [6.07, 6.45) is 3.17. The van der Waals surface area contributed by atoms with Crippen molar-refractivity contribution in [3.63, 3.8) is 0 Å². The molecule has 1 N–H and O–H groups in total. The molecule has 2 atom stereocenters. The van der Waals surface area contributed by atoms with Crippen molar-refractivity contribution < 1.29 is 14.3 Å². The third-order valence-corrected chi connectivity index (χ3v) is 4.13. The van der Waals surface area contributed by atoms with E-state index in [1.165, 1.54) is 5.56 Å². The van der Waals surface area contributed by atoms with Gasteiger partial charge in [-0.3, -0.25) is 4.79 Å². The number of aryl methyl sites for hydroxylation is 1. The Kier molecular flexibility index (Phi) is 5.46. The molecule has 4 nitrogen and oxygen atoms in total. The fraction of sp³-hybridized carbons (Fsp3) is 0.611. The molecule has 1 fully saturated rings. The van der Waals surface area contributed by atoms with Crippen LogP contribution in [0.15, 0.2) is 24.3 Å². The van der Waals surface area contributed by atoms with Gasteiger partial charge in [0.1, 0.15) is 5.75 Å². The fourth-order valence-electron chi connectivity index (χ4n) is 2.60. The molecule has 1 aliphatic heterocycles. The SMILES string of the molecule is CCc1ccc(OC(C)(C)C(=O)N[C@@H](C)[C@H]2CCCO2)cc1. The predicted molar refractivity (Wildman–Crippen MR) is 87.1 cm³/mol. The maximum absolute atomic E-state index is 12.5. The van der Waals surface area contributed by atoms with Crippen LogP contribution in [-0.4, -0.2) is 30.3 Å². The molecule has 0 unspecified atom stereocenters. The molecular formula is C18H27NO3. The van der Waals surface area contributed by atoms with Crippen molar-refractivity contribution >= 4 is 5.91 Å². The molecule has 122 valence electrons. The first-order chi connectivity index (χ1) is 10.4. The van der Waals surface area contributed by atoms with E-state index in [2.05, 4.69) is 12.2 Å². The molecule has 4 heteroatoms. The summed E-state index contributed by atoms with van der Waals surface area (Å²) in [6.45, 7) is 8.46. The summed E-state index contributed by atoms with van der Waals surface area (Å²) >= 11 is 0. The number of nitrogens with one attached hydrogen (secondary N) is 1. The van der Waals surface area contributed by atoms with Crippen molar-refractivity contribution in [2.45, 2.75) is 64.7 Å². The number of carbonyl (C=O) groups excluding carboxylic acids is 1. The molecule has 0 aliphatic carbocycles. The smallest absolute Gasteiger partial charge is 0.263 e. The van der Waals surface area contributed by atoms with Gasteiger partial charge < -0.3 is 14.8 Å². The Morgan fingerprint density at radius 1 is 1.41 bits per heavy atom. The van der Waals surface area contributed by atoms with Crippen LogP contribution in [0.4, 0.5) is 0 Å². The Labute approximate surface area is 133 Å². The highest BCUT2D eigenvalue weighted by Gasteiger charge is 2.33. The van der Waals surface area contributed by atoms with E-state index < -0.39 is 5.60 Å². The molecule has 0 radical (unpaired) electrons. The maximum atomic E-state index is 12.5. The zero-order chi connectivity index (χ0) is 16.2. The van der Waals surface area contributed by atoms with E-state index in [1.807, 2.05) is 31.2 Å². The minimum atomic E-state index is -0.916. The second kappa shape index (κ2) is 7.14. The summed E-state index contributed by atoms with van der Waals surface area (Å²) in [4.78, 5) is 12.5. The minimum absolute atomic E-state index is 0.000317. The van der Waals surface area contributed by atoms with Crippen LogP contribution in [0.25, 0.3) is 0 Å². The summed E-state index contributed by atoms with van der Waals surface area (Å²) in [7, 11) is 0. The van der Waals surface area contributed by atoms with Crippen LogP contribution in [0.5, 0.6) is 5.75 Å². The van der Waals surface area contributed by atoms with Gasteiger partial charge in [0.2, 0.25) is 0 Å². The van der Waals surface area contributed by atoms with Gasteiger partial charge in [0, 0.05) is 6.61 Å². The molecule has 1 amide bonds. The summed E-state index contributed by atoms with van der Waals surface area (Å²) in [5.41, 5.74) is 0.335. The van der Waals surface area contributed by atoms with E-state index in [0.717, 1.165) is 25.9 Å². The molecule has 1 aromatic carbocycles. The standard InChI is InChI=1S/C18H27NO3/c1-5-14-8-10-15(11-9-14)22-18(3,4)17(20)19-13(2)16-7-6-12-21-16/h8-11,13,16H,5-7,12H2,1-4H3,(H,19,20)/t13-,16+/m0/s1. The van der Waals surface area contributed by atoms with Gasteiger partial charge in [-0.05, 0) is 57.7 Å². The highest BCUT2D eigenvalue weighted by Crippen LogP contribution is 2.21. The van der Waals surface area contributed by atoms with Crippen molar-refractivity contribution in [3.05, 3.63) is 29.8 Å². The van der Waals surface area contributed by atoms with Gasteiger partial charge in [-0.2, -0.15) is 0 Å². The molecule has 0 saturated carbocycles. The average molecular weight is 305 g/mol. The van der Waals surface area contributed by atoms with Gasteiger partial charge in [0.25, 0.3) is 5.91 Å². The lowest BCUT2D eigenvalue weighted by Crippen LogP contribution is -2.52. The molecule has 2 rings (SSSR count).